The van der Waals surface area contributed by atoms with Gasteiger partial charge in [0.25, 0.3) is 11.8 Å². The second-order valence-corrected chi connectivity index (χ2v) is 20.9. The number of aliphatic hydroxyl groups is 2. The Balaban J connectivity index is 0.000000200. The molecule has 0 unspecified atom stereocenters. The fourth-order valence-corrected chi connectivity index (χ4v) is 9.60. The Morgan fingerprint density at radius 1 is 0.568 bits per heavy atom. The summed E-state index contributed by atoms with van der Waals surface area (Å²) in [6.07, 6.45) is 6.54. The van der Waals surface area contributed by atoms with Crippen molar-refractivity contribution in [3.05, 3.63) is 147 Å². The van der Waals surface area contributed by atoms with Crippen molar-refractivity contribution in [3.63, 3.8) is 0 Å². The summed E-state index contributed by atoms with van der Waals surface area (Å²) in [5.41, 5.74) is 5.01. The molecule has 4 atom stereocenters. The lowest BCUT2D eigenvalue weighted by Crippen LogP contribution is -2.48. The molecule has 390 valence electrons. The van der Waals surface area contributed by atoms with Crippen molar-refractivity contribution in [1.82, 2.24) is 20.4 Å². The number of rotatable bonds is 21. The van der Waals surface area contributed by atoms with Crippen LogP contribution in [0.3, 0.4) is 0 Å². The molecule has 0 radical (unpaired) electrons. The van der Waals surface area contributed by atoms with E-state index in [0.29, 0.717) is 57.2 Å². The van der Waals surface area contributed by atoms with E-state index in [4.69, 9.17) is 32.7 Å². The number of nitrogens with zero attached hydrogens (tertiary/aromatic N) is 2. The van der Waals surface area contributed by atoms with E-state index < -0.39 is 54.8 Å². The number of hydrogen-bond acceptors (Lipinski definition) is 12. The standard InChI is InChI=1S/C33H37ClN2O4.C24H28BClN2O6/c1-21(2)22-5-7-23(8-6-22)24-9-11-25(12-10-24)32(38)33(39)35-29(20-36-17-3-4-18-36)31(37)26-13-16-30(28(34)19-26)40-27-14-15-27;26-19-13-16(5-10-21(19)34-18-8-9-18)22(29)20(14-28-11-1-2-12-28)27-24(31)23(30)15-3-6-17(7-4-15)25(32)33/h5-13,16,19,21,27,29,31,37H,3-4,14-15,17-18,20H2,1-2H3,(H,35,39);3-7,10,13,18,20,22,29,32-33H,1-2,8-9,11-12,14H2,(H,27,31)/t29-,31-;20-,22-/m11/s1. The minimum absolute atomic E-state index is 0.112. The molecule has 0 aromatic heterocycles. The van der Waals surface area contributed by atoms with Gasteiger partial charge in [-0.2, -0.15) is 0 Å². The zero-order valence-electron chi connectivity index (χ0n) is 41.8. The van der Waals surface area contributed by atoms with Crippen molar-refractivity contribution >= 4 is 59.2 Å². The number of aliphatic hydroxyl groups excluding tert-OH is 2. The molecule has 9 rings (SSSR count). The van der Waals surface area contributed by atoms with E-state index in [0.717, 1.165) is 88.7 Å². The van der Waals surface area contributed by atoms with Gasteiger partial charge in [-0.3, -0.25) is 19.2 Å². The summed E-state index contributed by atoms with van der Waals surface area (Å²) in [6, 6.07) is 29.8. The summed E-state index contributed by atoms with van der Waals surface area (Å²) >= 11 is 12.8. The second-order valence-electron chi connectivity index (χ2n) is 20.1. The highest BCUT2D eigenvalue weighted by molar-refractivity contribution is 6.58. The minimum atomic E-state index is -1.66. The van der Waals surface area contributed by atoms with E-state index in [-0.39, 0.29) is 23.2 Å². The van der Waals surface area contributed by atoms with E-state index in [9.17, 15) is 39.4 Å². The van der Waals surface area contributed by atoms with Crippen molar-refractivity contribution in [3.8, 4) is 22.6 Å². The van der Waals surface area contributed by atoms with Crippen molar-refractivity contribution in [2.45, 2.75) is 108 Å². The average Bonchev–Trinajstić information content (AvgIpc) is 4.30. The van der Waals surface area contributed by atoms with Crippen LogP contribution in [0.25, 0.3) is 11.1 Å². The summed E-state index contributed by atoms with van der Waals surface area (Å²) in [7, 11) is -1.66. The molecule has 2 aliphatic heterocycles. The van der Waals surface area contributed by atoms with Crippen LogP contribution >= 0.6 is 23.2 Å². The molecule has 0 spiro atoms. The molecule has 14 nitrogen and oxygen atoms in total. The first kappa shape index (κ1) is 54.6. The Bertz CT molecular complexity index is 2730. The number of nitrogens with one attached hydrogen (secondary N) is 2. The number of hydrogen-bond donors (Lipinski definition) is 6. The highest BCUT2D eigenvalue weighted by Crippen LogP contribution is 2.36. The molecule has 2 saturated heterocycles. The minimum Gasteiger partial charge on any atom is -0.489 e. The lowest BCUT2D eigenvalue weighted by Gasteiger charge is -2.28. The second kappa shape index (κ2) is 25.3. The zero-order chi connectivity index (χ0) is 52.5. The molecule has 2 aliphatic carbocycles. The van der Waals surface area contributed by atoms with Gasteiger partial charge in [-0.1, -0.05) is 122 Å². The molecule has 17 heteroatoms. The number of halogens is 2. The van der Waals surface area contributed by atoms with Gasteiger partial charge >= 0.3 is 7.12 Å². The maximum absolute atomic E-state index is 13.1. The summed E-state index contributed by atoms with van der Waals surface area (Å²) < 4.78 is 11.6. The normalized spacial score (nSPS) is 17.4. The quantitative estimate of drug-likeness (QED) is 0.0246. The molecule has 5 aromatic carbocycles. The van der Waals surface area contributed by atoms with E-state index in [1.165, 1.54) is 29.8 Å². The summed E-state index contributed by atoms with van der Waals surface area (Å²) in [4.78, 5) is 56.1. The largest absolute Gasteiger partial charge is 0.489 e. The average molecular weight is 1050 g/mol. The van der Waals surface area contributed by atoms with Crippen molar-refractivity contribution in [2.24, 2.45) is 0 Å². The van der Waals surface area contributed by atoms with E-state index in [2.05, 4.69) is 58.5 Å². The Kier molecular flexibility index (Phi) is 18.7. The summed E-state index contributed by atoms with van der Waals surface area (Å²) in [6.45, 7) is 8.62. The van der Waals surface area contributed by atoms with Gasteiger partial charge in [-0.25, -0.2) is 0 Å². The SMILES string of the molecule is CC(C)c1ccc(-c2ccc(C(=O)C(=O)N[C@H](CN3CCCC3)[C@H](O)c3ccc(OC4CC4)c(Cl)c3)cc2)cc1.O=C(N[C@H](CN1CCCC1)[C@H](O)c1ccc(OC2CC2)c(Cl)c1)C(=O)c1ccc(B(O)O)cc1. The van der Waals surface area contributed by atoms with Crippen LogP contribution in [-0.4, -0.2) is 124 Å². The molecule has 2 heterocycles. The van der Waals surface area contributed by atoms with Gasteiger partial charge < -0.3 is 50.2 Å². The number of likely N-dealkylation sites (tertiary alicyclic amines) is 2. The van der Waals surface area contributed by atoms with Crippen molar-refractivity contribution < 1.29 is 48.9 Å². The highest BCUT2D eigenvalue weighted by atomic mass is 35.5. The number of ketones is 2. The molecule has 5 aromatic rings. The van der Waals surface area contributed by atoms with Crippen LogP contribution in [0.5, 0.6) is 11.5 Å². The zero-order valence-corrected chi connectivity index (χ0v) is 43.3. The predicted octanol–water partition coefficient (Wildman–Crippen LogP) is 7.23. The first-order valence-electron chi connectivity index (χ1n) is 25.7. The van der Waals surface area contributed by atoms with E-state index in [1.807, 2.05) is 12.1 Å². The Hall–Kier alpha value is -5.62. The fourth-order valence-electron chi connectivity index (χ4n) is 9.14. The molecule has 2 saturated carbocycles. The van der Waals surface area contributed by atoms with Crippen molar-refractivity contribution in [1.29, 1.82) is 0 Å². The van der Waals surface area contributed by atoms with E-state index >= 15 is 0 Å². The van der Waals surface area contributed by atoms with Crippen LogP contribution in [-0.2, 0) is 9.59 Å². The molecule has 2 amide bonds. The molecule has 0 bridgehead atoms. The van der Waals surface area contributed by atoms with Crippen LogP contribution in [0.15, 0.2) is 109 Å². The third kappa shape index (κ3) is 14.8. The van der Waals surface area contributed by atoms with E-state index in [1.54, 1.807) is 48.5 Å². The van der Waals surface area contributed by atoms with Gasteiger partial charge in [0.05, 0.1) is 34.3 Å². The van der Waals surface area contributed by atoms with Gasteiger partial charge in [-0.15, -0.1) is 0 Å². The number of Topliss-reactive ketones (excluding diaryl/α,β-unsaturated/α-hetero) is 2. The first-order chi connectivity index (χ1) is 35.6. The first-order valence-corrected chi connectivity index (χ1v) is 26.5. The number of carbonyl (C=O) groups excluding carboxylic acids is 4. The molecule has 6 N–H and O–H groups in total. The van der Waals surface area contributed by atoms with Gasteiger partial charge in [-0.05, 0) is 141 Å². The Labute approximate surface area is 443 Å². The smallest absolute Gasteiger partial charge is 0.488 e. The maximum atomic E-state index is 13.1. The molecular weight excluding hydrogens is 982 g/mol. The lowest BCUT2D eigenvalue weighted by molar-refractivity contribution is -0.119. The maximum Gasteiger partial charge on any atom is 0.488 e. The van der Waals surface area contributed by atoms with Gasteiger partial charge in [0, 0.05) is 24.2 Å². The fraction of sp³-hybridized carbons (Fsp3) is 0.404. The summed E-state index contributed by atoms with van der Waals surface area (Å²) in [5, 5.41) is 47.2. The number of amides is 2. The van der Waals surface area contributed by atoms with Crippen LogP contribution < -0.4 is 25.6 Å². The van der Waals surface area contributed by atoms with Crippen LogP contribution in [0.2, 0.25) is 10.0 Å². The third-order valence-electron chi connectivity index (χ3n) is 13.9. The number of ether oxygens (including phenoxy) is 2. The Morgan fingerprint density at radius 3 is 1.28 bits per heavy atom. The molecule has 4 aliphatic rings. The third-order valence-corrected chi connectivity index (χ3v) is 14.5. The topological polar surface area (TPSA) is 198 Å². The van der Waals surface area contributed by atoms with Gasteiger partial charge in [0.15, 0.2) is 0 Å². The monoisotopic (exact) mass is 1050 g/mol. The van der Waals surface area contributed by atoms with Crippen LogP contribution in [0.1, 0.15) is 121 Å². The van der Waals surface area contributed by atoms with Gasteiger partial charge in [0.1, 0.15) is 23.7 Å². The van der Waals surface area contributed by atoms with Gasteiger partial charge in [0.2, 0.25) is 11.6 Å². The van der Waals surface area contributed by atoms with Crippen LogP contribution in [0.4, 0.5) is 0 Å². The lowest BCUT2D eigenvalue weighted by atomic mass is 9.80. The molecular formula is C57H65BCl2N4O10. The number of carbonyl (C=O) groups is 4. The highest BCUT2D eigenvalue weighted by Gasteiger charge is 2.33. The molecule has 74 heavy (non-hydrogen) atoms. The summed E-state index contributed by atoms with van der Waals surface area (Å²) in [5.74, 6) is -1.38. The van der Waals surface area contributed by atoms with Crippen molar-refractivity contribution in [2.75, 3.05) is 39.3 Å². The van der Waals surface area contributed by atoms with Crippen LogP contribution in [0, 0.1) is 0 Å². The Morgan fingerprint density at radius 2 is 0.932 bits per heavy atom. The molecule has 4 fully saturated rings. The number of benzene rings is 5. The predicted molar refractivity (Wildman–Crippen MR) is 286 cm³/mol.